The molecule has 0 saturated carbocycles. The molecule has 0 unspecified atom stereocenters. The van der Waals surface area contributed by atoms with Crippen molar-refractivity contribution in [2.75, 3.05) is 6.61 Å². The summed E-state index contributed by atoms with van der Waals surface area (Å²) in [6.45, 7) is 1.82. The van der Waals surface area contributed by atoms with Crippen LogP contribution in [0.1, 0.15) is 17.5 Å². The Labute approximate surface area is 145 Å². The Kier molecular flexibility index (Phi) is 4.40. The van der Waals surface area contributed by atoms with E-state index in [1.807, 2.05) is 0 Å². The molecule has 0 saturated heterocycles. The smallest absolute Gasteiger partial charge is 0.375 e. The molecule has 6 heteroatoms. The topological polar surface area (TPSA) is 76.7 Å². The number of rotatable bonds is 3. The third kappa shape index (κ3) is 2.92. The molecule has 1 heterocycles. The first-order valence-corrected chi connectivity index (χ1v) is 8.03. The van der Waals surface area contributed by atoms with E-state index >= 15 is 0 Å². The number of halogens is 1. The van der Waals surface area contributed by atoms with E-state index in [0.717, 1.165) is 4.47 Å². The summed E-state index contributed by atoms with van der Waals surface area (Å²) < 4.78 is 11.5. The molecule has 3 rings (SSSR count). The van der Waals surface area contributed by atoms with Gasteiger partial charge in [0.05, 0.1) is 17.6 Å². The molecule has 0 bridgehead atoms. The van der Waals surface area contributed by atoms with Crippen molar-refractivity contribution in [3.63, 3.8) is 0 Å². The fourth-order valence-corrected chi connectivity index (χ4v) is 2.67. The van der Waals surface area contributed by atoms with Crippen LogP contribution < -0.4 is 5.43 Å². The molecule has 2 aromatic carbocycles. The number of carbonyl (C=O) groups is 1. The lowest BCUT2D eigenvalue weighted by atomic mass is 10.0. The Morgan fingerprint density at radius 3 is 2.58 bits per heavy atom. The van der Waals surface area contributed by atoms with E-state index in [0.29, 0.717) is 5.56 Å². The predicted molar refractivity (Wildman–Crippen MR) is 93.2 cm³/mol. The third-order valence-electron chi connectivity index (χ3n) is 3.47. The molecule has 1 aromatic heterocycles. The summed E-state index contributed by atoms with van der Waals surface area (Å²) in [4.78, 5) is 25.2. The van der Waals surface area contributed by atoms with Gasteiger partial charge in [0.2, 0.25) is 11.2 Å². The third-order valence-corrected chi connectivity index (χ3v) is 4.00. The molecule has 0 aliphatic heterocycles. The molecule has 0 fully saturated rings. The molecule has 5 nitrogen and oxygen atoms in total. The summed E-state index contributed by atoms with van der Waals surface area (Å²) in [7, 11) is 0. The van der Waals surface area contributed by atoms with Crippen molar-refractivity contribution in [2.24, 2.45) is 0 Å². The Hall–Kier alpha value is -2.60. The molecule has 0 aliphatic carbocycles. The maximum Gasteiger partial charge on any atom is 0.375 e. The van der Waals surface area contributed by atoms with Crippen LogP contribution in [0, 0.1) is 0 Å². The van der Waals surface area contributed by atoms with Gasteiger partial charge in [0.25, 0.3) is 0 Å². The van der Waals surface area contributed by atoms with Gasteiger partial charge in [-0.05, 0) is 36.8 Å². The van der Waals surface area contributed by atoms with E-state index in [-0.39, 0.29) is 40.1 Å². The first-order valence-electron chi connectivity index (χ1n) is 7.24. The molecular weight excluding hydrogens is 376 g/mol. The molecule has 122 valence electrons. The van der Waals surface area contributed by atoms with Crippen LogP contribution in [0.25, 0.3) is 22.1 Å². The lowest BCUT2D eigenvalue weighted by Gasteiger charge is -2.10. The van der Waals surface area contributed by atoms with Crippen LogP contribution in [0.2, 0.25) is 0 Å². The zero-order chi connectivity index (χ0) is 17.3. The number of ether oxygens (including phenoxy) is 1. The second kappa shape index (κ2) is 6.49. The van der Waals surface area contributed by atoms with Crippen LogP contribution in [0.3, 0.4) is 0 Å². The first kappa shape index (κ1) is 16.3. The van der Waals surface area contributed by atoms with Crippen LogP contribution >= 0.6 is 15.9 Å². The van der Waals surface area contributed by atoms with Crippen molar-refractivity contribution >= 4 is 32.9 Å². The Morgan fingerprint density at radius 2 is 1.92 bits per heavy atom. The summed E-state index contributed by atoms with van der Waals surface area (Å²) in [6.07, 6.45) is 0. The molecular formula is C18H13BrO5. The zero-order valence-electron chi connectivity index (χ0n) is 12.7. The Morgan fingerprint density at radius 1 is 1.21 bits per heavy atom. The van der Waals surface area contributed by atoms with Crippen LogP contribution in [-0.4, -0.2) is 17.7 Å². The number of fused-ring (bicyclic) bond motifs is 1. The molecule has 0 radical (unpaired) electrons. The minimum atomic E-state index is -0.724. The van der Waals surface area contributed by atoms with E-state index in [1.54, 1.807) is 31.2 Å². The highest BCUT2D eigenvalue weighted by Crippen LogP contribution is 2.28. The summed E-state index contributed by atoms with van der Waals surface area (Å²) in [5.74, 6) is -0.961. The van der Waals surface area contributed by atoms with E-state index in [1.165, 1.54) is 18.2 Å². The van der Waals surface area contributed by atoms with E-state index in [4.69, 9.17) is 9.15 Å². The van der Waals surface area contributed by atoms with E-state index in [2.05, 4.69) is 15.9 Å². The van der Waals surface area contributed by atoms with Gasteiger partial charge >= 0.3 is 5.97 Å². The Balaban J connectivity index is 2.35. The summed E-state index contributed by atoms with van der Waals surface area (Å²) >= 11 is 3.34. The maximum atomic E-state index is 12.9. The molecule has 1 N–H and O–H groups in total. The van der Waals surface area contributed by atoms with Crippen LogP contribution in [0.4, 0.5) is 0 Å². The van der Waals surface area contributed by atoms with Crippen LogP contribution in [0.5, 0.6) is 5.75 Å². The largest absolute Gasteiger partial charge is 0.508 e. The second-order valence-corrected chi connectivity index (χ2v) is 5.96. The SMILES string of the molecule is CCOC(=O)c1oc2cc(O)ccc2c(=O)c1-c1ccc(Br)cc1. The molecule has 24 heavy (non-hydrogen) atoms. The summed E-state index contributed by atoms with van der Waals surface area (Å²) in [5, 5.41) is 9.86. The normalized spacial score (nSPS) is 10.8. The van der Waals surface area contributed by atoms with E-state index in [9.17, 15) is 14.7 Å². The molecule has 0 amide bonds. The van der Waals surface area contributed by atoms with Gasteiger partial charge in [0, 0.05) is 10.5 Å². The number of esters is 1. The predicted octanol–water partition coefficient (Wildman–Crippen LogP) is 4.10. The summed E-state index contributed by atoms with van der Waals surface area (Å²) in [6, 6.07) is 11.1. The van der Waals surface area contributed by atoms with Gasteiger partial charge in [-0.2, -0.15) is 0 Å². The molecule has 0 aliphatic rings. The minimum Gasteiger partial charge on any atom is -0.508 e. The standard InChI is InChI=1S/C18H13BrO5/c1-2-23-18(22)17-15(10-3-5-11(19)6-4-10)16(21)13-8-7-12(20)9-14(13)24-17/h3-9,20H,2H2,1H3. The van der Waals surface area contributed by atoms with Gasteiger partial charge in [0.1, 0.15) is 11.3 Å². The van der Waals surface area contributed by atoms with Gasteiger partial charge in [0.15, 0.2) is 0 Å². The van der Waals surface area contributed by atoms with Crippen molar-refractivity contribution in [1.29, 1.82) is 0 Å². The van der Waals surface area contributed by atoms with Crippen molar-refractivity contribution in [3.8, 4) is 16.9 Å². The van der Waals surface area contributed by atoms with Crippen molar-refractivity contribution in [3.05, 3.63) is 62.9 Å². The first-order chi connectivity index (χ1) is 11.5. The monoisotopic (exact) mass is 388 g/mol. The van der Waals surface area contributed by atoms with Gasteiger partial charge in [-0.3, -0.25) is 4.79 Å². The zero-order valence-corrected chi connectivity index (χ0v) is 14.3. The van der Waals surface area contributed by atoms with Crippen molar-refractivity contribution < 1.29 is 19.1 Å². The summed E-state index contributed by atoms with van der Waals surface area (Å²) in [5.41, 5.74) is 0.453. The highest BCUT2D eigenvalue weighted by atomic mass is 79.9. The number of phenolic OH excluding ortho intramolecular Hbond substituents is 1. The maximum absolute atomic E-state index is 12.9. The highest BCUT2D eigenvalue weighted by Gasteiger charge is 2.23. The lowest BCUT2D eigenvalue weighted by Crippen LogP contribution is -2.14. The number of carbonyl (C=O) groups excluding carboxylic acids is 1. The van der Waals surface area contributed by atoms with Gasteiger partial charge in [-0.1, -0.05) is 28.1 Å². The van der Waals surface area contributed by atoms with E-state index < -0.39 is 5.97 Å². The average molecular weight is 389 g/mol. The lowest BCUT2D eigenvalue weighted by molar-refractivity contribution is 0.0492. The molecule has 3 aromatic rings. The Bertz CT molecular complexity index is 973. The minimum absolute atomic E-state index is 0.0585. The van der Waals surface area contributed by atoms with Crippen molar-refractivity contribution in [2.45, 2.75) is 6.92 Å². The van der Waals surface area contributed by atoms with Crippen LogP contribution in [0.15, 0.2) is 56.1 Å². The van der Waals surface area contributed by atoms with Gasteiger partial charge < -0.3 is 14.3 Å². The average Bonchev–Trinajstić information content (AvgIpc) is 2.55. The molecule has 0 atom stereocenters. The van der Waals surface area contributed by atoms with Gasteiger partial charge in [-0.15, -0.1) is 0 Å². The highest BCUT2D eigenvalue weighted by molar-refractivity contribution is 9.10. The van der Waals surface area contributed by atoms with Gasteiger partial charge in [-0.25, -0.2) is 4.79 Å². The fourth-order valence-electron chi connectivity index (χ4n) is 2.40. The van der Waals surface area contributed by atoms with Crippen LogP contribution in [-0.2, 0) is 4.74 Å². The number of benzene rings is 2. The molecule has 0 spiro atoms. The number of hydrogen-bond donors (Lipinski definition) is 1. The number of phenols is 1. The van der Waals surface area contributed by atoms with Crippen molar-refractivity contribution in [1.82, 2.24) is 0 Å². The quantitative estimate of drug-likeness (QED) is 0.683. The second-order valence-electron chi connectivity index (χ2n) is 5.04. The number of hydrogen-bond acceptors (Lipinski definition) is 5. The number of aromatic hydroxyl groups is 1. The fraction of sp³-hybridized carbons (Fsp3) is 0.111.